The van der Waals surface area contributed by atoms with E-state index < -0.39 is 0 Å². The lowest BCUT2D eigenvalue weighted by Gasteiger charge is -2.41. The predicted octanol–water partition coefficient (Wildman–Crippen LogP) is 1.36. The molecule has 2 fully saturated rings. The minimum atomic E-state index is -0.363. The Balaban J connectivity index is 1.92. The second-order valence-corrected chi connectivity index (χ2v) is 4.86. The number of carbonyl (C=O) groups is 1. The molecule has 0 aromatic carbocycles. The lowest BCUT2D eigenvalue weighted by Crippen LogP contribution is -2.51. The number of ether oxygens (including phenoxy) is 2. The Kier molecular flexibility index (Phi) is 3.04. The van der Waals surface area contributed by atoms with Gasteiger partial charge in [0, 0.05) is 18.4 Å². The van der Waals surface area contributed by atoms with Crippen molar-refractivity contribution in [1.82, 2.24) is 5.32 Å². The molecular weight excluding hydrogens is 206 g/mol. The highest BCUT2D eigenvalue weighted by Crippen LogP contribution is 2.39. The summed E-state index contributed by atoms with van der Waals surface area (Å²) in [4.78, 5) is 11.3. The maximum Gasteiger partial charge on any atom is 0.243 e. The third-order valence-electron chi connectivity index (χ3n) is 3.54. The van der Waals surface area contributed by atoms with Crippen molar-refractivity contribution in [2.24, 2.45) is 0 Å². The van der Waals surface area contributed by atoms with Crippen LogP contribution in [0.2, 0.25) is 0 Å². The zero-order valence-corrected chi connectivity index (χ0v) is 9.75. The first kappa shape index (κ1) is 11.6. The van der Waals surface area contributed by atoms with E-state index in [1.807, 2.05) is 0 Å². The molecule has 90 valence electrons. The Morgan fingerprint density at radius 1 is 1.25 bits per heavy atom. The summed E-state index contributed by atoms with van der Waals surface area (Å²) in [6.45, 7) is 6.91. The van der Waals surface area contributed by atoms with Crippen LogP contribution in [-0.2, 0) is 14.3 Å². The van der Waals surface area contributed by atoms with Crippen LogP contribution in [0.4, 0.5) is 0 Å². The Hall–Kier alpha value is -0.870. The van der Waals surface area contributed by atoms with E-state index in [2.05, 4.69) is 18.8 Å². The van der Waals surface area contributed by atoms with E-state index in [0.717, 1.165) is 25.7 Å². The Morgan fingerprint density at radius 2 is 1.81 bits per heavy atom. The maximum absolute atomic E-state index is 11.3. The molecule has 1 spiro atoms. The third-order valence-corrected chi connectivity index (χ3v) is 3.54. The van der Waals surface area contributed by atoms with Gasteiger partial charge in [-0.15, -0.1) is 0 Å². The van der Waals surface area contributed by atoms with Gasteiger partial charge in [0.15, 0.2) is 5.79 Å². The number of rotatable bonds is 2. The van der Waals surface area contributed by atoms with E-state index in [0.29, 0.717) is 13.2 Å². The number of hydrogen-bond acceptors (Lipinski definition) is 3. The molecule has 0 aromatic rings. The molecule has 4 nitrogen and oxygen atoms in total. The van der Waals surface area contributed by atoms with Crippen molar-refractivity contribution < 1.29 is 14.3 Å². The maximum atomic E-state index is 11.3. The quantitative estimate of drug-likeness (QED) is 0.722. The molecule has 0 atom stereocenters. The van der Waals surface area contributed by atoms with Crippen molar-refractivity contribution in [2.75, 3.05) is 13.2 Å². The van der Waals surface area contributed by atoms with Crippen molar-refractivity contribution in [3.05, 3.63) is 12.7 Å². The molecule has 0 aromatic heterocycles. The molecule has 1 saturated carbocycles. The fraction of sp³-hybridized carbons (Fsp3) is 0.750. The molecule has 0 unspecified atom stereocenters. The number of amides is 1. The minimum absolute atomic E-state index is 0.105. The van der Waals surface area contributed by atoms with E-state index in [4.69, 9.17) is 9.47 Å². The molecule has 1 amide bonds. The summed E-state index contributed by atoms with van der Waals surface area (Å²) < 4.78 is 11.3. The van der Waals surface area contributed by atoms with E-state index >= 15 is 0 Å². The average molecular weight is 225 g/mol. The predicted molar refractivity (Wildman–Crippen MR) is 59.8 cm³/mol. The van der Waals surface area contributed by atoms with Gasteiger partial charge in [-0.05, 0) is 25.8 Å². The highest BCUT2D eigenvalue weighted by Gasteiger charge is 2.44. The lowest BCUT2D eigenvalue weighted by molar-refractivity contribution is -0.185. The molecule has 1 aliphatic heterocycles. The van der Waals surface area contributed by atoms with Gasteiger partial charge in [-0.2, -0.15) is 0 Å². The average Bonchev–Trinajstić information content (AvgIpc) is 2.72. The molecular formula is C12H19NO3. The summed E-state index contributed by atoms with van der Waals surface area (Å²) in [6.07, 6.45) is 4.78. The van der Waals surface area contributed by atoms with Gasteiger partial charge in [0.25, 0.3) is 0 Å². The van der Waals surface area contributed by atoms with E-state index in [9.17, 15) is 4.79 Å². The highest BCUT2D eigenvalue weighted by atomic mass is 16.7. The van der Waals surface area contributed by atoms with Crippen LogP contribution < -0.4 is 5.32 Å². The zero-order valence-electron chi connectivity index (χ0n) is 9.75. The smallest absolute Gasteiger partial charge is 0.243 e. The summed E-state index contributed by atoms with van der Waals surface area (Å²) in [5, 5.41) is 2.98. The molecule has 4 heteroatoms. The zero-order chi connectivity index (χ0) is 11.6. The van der Waals surface area contributed by atoms with Crippen LogP contribution >= 0.6 is 0 Å². The second kappa shape index (κ2) is 4.18. The minimum Gasteiger partial charge on any atom is -0.348 e. The van der Waals surface area contributed by atoms with Crippen molar-refractivity contribution >= 4 is 5.91 Å². The van der Waals surface area contributed by atoms with E-state index in [-0.39, 0.29) is 17.2 Å². The largest absolute Gasteiger partial charge is 0.348 e. The molecule has 16 heavy (non-hydrogen) atoms. The molecule has 0 radical (unpaired) electrons. The van der Waals surface area contributed by atoms with Gasteiger partial charge in [0.2, 0.25) is 5.91 Å². The van der Waals surface area contributed by atoms with Gasteiger partial charge in [-0.3, -0.25) is 4.79 Å². The highest BCUT2D eigenvalue weighted by molar-refractivity contribution is 5.87. The van der Waals surface area contributed by atoms with Crippen LogP contribution in [0.5, 0.6) is 0 Å². The van der Waals surface area contributed by atoms with Crippen LogP contribution in [0.25, 0.3) is 0 Å². The number of hydrogen-bond donors (Lipinski definition) is 1. The fourth-order valence-corrected chi connectivity index (χ4v) is 2.44. The number of carbonyl (C=O) groups excluding carboxylic acids is 1. The Labute approximate surface area is 96.0 Å². The molecule has 1 aliphatic carbocycles. The van der Waals surface area contributed by atoms with Gasteiger partial charge >= 0.3 is 0 Å². The van der Waals surface area contributed by atoms with Crippen molar-refractivity contribution in [2.45, 2.75) is 43.9 Å². The van der Waals surface area contributed by atoms with Gasteiger partial charge < -0.3 is 14.8 Å². The van der Waals surface area contributed by atoms with E-state index in [1.54, 1.807) is 0 Å². The van der Waals surface area contributed by atoms with Gasteiger partial charge in [-0.25, -0.2) is 0 Å². The van der Waals surface area contributed by atoms with Crippen LogP contribution in [0.1, 0.15) is 32.6 Å². The van der Waals surface area contributed by atoms with Crippen molar-refractivity contribution in [3.8, 4) is 0 Å². The van der Waals surface area contributed by atoms with E-state index in [1.165, 1.54) is 6.08 Å². The van der Waals surface area contributed by atoms with Crippen LogP contribution in [0.3, 0.4) is 0 Å². The van der Waals surface area contributed by atoms with Gasteiger partial charge in [-0.1, -0.05) is 6.58 Å². The summed E-state index contributed by atoms with van der Waals surface area (Å²) in [7, 11) is 0. The molecule has 2 rings (SSSR count). The third kappa shape index (κ3) is 2.28. The molecule has 2 aliphatic rings. The summed E-state index contributed by atoms with van der Waals surface area (Å²) in [5.74, 6) is -0.468. The fourth-order valence-electron chi connectivity index (χ4n) is 2.44. The normalized spacial score (nSPS) is 26.6. The van der Waals surface area contributed by atoms with Crippen molar-refractivity contribution in [1.29, 1.82) is 0 Å². The first-order chi connectivity index (χ1) is 7.58. The Bertz CT molecular complexity index is 285. The SMILES string of the molecule is C=CC(=O)NC1(C)CCC2(CC1)OCCO2. The molecule has 1 N–H and O–H groups in total. The van der Waals surface area contributed by atoms with Crippen molar-refractivity contribution in [3.63, 3.8) is 0 Å². The first-order valence-electron chi connectivity index (χ1n) is 5.80. The second-order valence-electron chi connectivity index (χ2n) is 4.86. The first-order valence-corrected chi connectivity index (χ1v) is 5.80. The summed E-state index contributed by atoms with van der Waals surface area (Å²) in [5.41, 5.74) is -0.147. The Morgan fingerprint density at radius 3 is 2.31 bits per heavy atom. The summed E-state index contributed by atoms with van der Waals surface area (Å²) >= 11 is 0. The number of nitrogens with one attached hydrogen (secondary N) is 1. The van der Waals surface area contributed by atoms with Crippen LogP contribution in [0.15, 0.2) is 12.7 Å². The summed E-state index contributed by atoms with van der Waals surface area (Å²) in [6, 6.07) is 0. The molecule has 1 saturated heterocycles. The standard InChI is InChI=1S/C12H19NO3/c1-3-10(14)13-11(2)4-6-12(7-5-11)15-8-9-16-12/h3H,1,4-9H2,2H3,(H,13,14). The lowest BCUT2D eigenvalue weighted by atomic mass is 9.80. The monoisotopic (exact) mass is 225 g/mol. The van der Waals surface area contributed by atoms with Gasteiger partial charge in [0.1, 0.15) is 0 Å². The molecule has 0 bridgehead atoms. The molecule has 1 heterocycles. The van der Waals surface area contributed by atoms with Gasteiger partial charge in [0.05, 0.1) is 13.2 Å². The van der Waals surface area contributed by atoms with Crippen LogP contribution in [0, 0.1) is 0 Å². The van der Waals surface area contributed by atoms with Crippen LogP contribution in [-0.4, -0.2) is 30.4 Å². The topological polar surface area (TPSA) is 47.6 Å².